The van der Waals surface area contributed by atoms with Crippen LogP contribution in [0.3, 0.4) is 0 Å². The van der Waals surface area contributed by atoms with Gasteiger partial charge in [0.15, 0.2) is 0 Å². The van der Waals surface area contributed by atoms with Gasteiger partial charge in [-0.2, -0.15) is 5.10 Å². The highest BCUT2D eigenvalue weighted by atomic mass is 35.5. The minimum Gasteiger partial charge on any atom is -1.00 e. The first-order valence-corrected chi connectivity index (χ1v) is 10.2. The van der Waals surface area contributed by atoms with Crippen LogP contribution in [0.2, 0.25) is 0 Å². The fourth-order valence-corrected chi connectivity index (χ4v) is 4.56. The Bertz CT molecular complexity index is 741. The lowest BCUT2D eigenvalue weighted by molar-refractivity contribution is -0.930. The van der Waals surface area contributed by atoms with Crippen molar-refractivity contribution in [3.63, 3.8) is 0 Å². The number of quaternary nitrogens is 1. The molecule has 0 saturated heterocycles. The third-order valence-corrected chi connectivity index (χ3v) is 6.43. The van der Waals surface area contributed by atoms with E-state index in [0.717, 1.165) is 24.6 Å². The second kappa shape index (κ2) is 9.22. The van der Waals surface area contributed by atoms with E-state index in [1.807, 2.05) is 29.9 Å². The number of nitrogens with zero attached hydrogens (tertiary/aromatic N) is 2. The Morgan fingerprint density at radius 3 is 2.59 bits per heavy atom. The molecule has 0 radical (unpaired) electrons. The van der Waals surface area contributed by atoms with Crippen LogP contribution in [0.25, 0.3) is 0 Å². The number of hydrogen-bond acceptors (Lipinski definition) is 2. The molecule has 27 heavy (non-hydrogen) atoms. The van der Waals surface area contributed by atoms with Gasteiger partial charge in [0, 0.05) is 33.2 Å². The average Bonchev–Trinajstić information content (AvgIpc) is 2.91. The largest absolute Gasteiger partial charge is 1.00 e. The van der Waals surface area contributed by atoms with Crippen LogP contribution in [-0.4, -0.2) is 36.0 Å². The second-order valence-corrected chi connectivity index (χ2v) is 8.06. The molecule has 4 rings (SSSR count). The summed E-state index contributed by atoms with van der Waals surface area (Å²) in [4.78, 5) is 1.84. The van der Waals surface area contributed by atoms with Crippen molar-refractivity contribution in [2.45, 2.75) is 57.1 Å². The summed E-state index contributed by atoms with van der Waals surface area (Å²) < 4.78 is 7.70. The number of halogens is 1. The Hall–Kier alpha value is -1.36. The molecule has 1 aromatic heterocycles. The smallest absolute Gasteiger partial charge is 0.0874 e. The molecule has 2 heterocycles. The minimum absolute atomic E-state index is 0. The number of benzene rings is 1. The van der Waals surface area contributed by atoms with Gasteiger partial charge in [0.05, 0.1) is 30.9 Å². The second-order valence-electron chi connectivity index (χ2n) is 8.06. The molecular formula is C22H32ClN3O. The Labute approximate surface area is 169 Å². The van der Waals surface area contributed by atoms with Gasteiger partial charge in [-0.1, -0.05) is 18.2 Å². The summed E-state index contributed by atoms with van der Waals surface area (Å²) in [5, 5.41) is 4.49. The van der Waals surface area contributed by atoms with E-state index in [-0.39, 0.29) is 18.5 Å². The van der Waals surface area contributed by atoms with Crippen LogP contribution in [-0.2, 0) is 31.0 Å². The third-order valence-electron chi connectivity index (χ3n) is 6.43. The summed E-state index contributed by atoms with van der Waals surface area (Å²) in [6.45, 7) is 2.61. The molecule has 2 atom stereocenters. The Morgan fingerprint density at radius 1 is 1.19 bits per heavy atom. The number of rotatable bonds is 6. The predicted octanol–water partition coefficient (Wildman–Crippen LogP) is -0.720. The highest BCUT2D eigenvalue weighted by molar-refractivity contribution is 5.34. The number of hydrogen-bond donors (Lipinski definition) is 1. The highest BCUT2D eigenvalue weighted by Gasteiger charge is 2.30. The lowest BCUT2D eigenvalue weighted by atomic mass is 9.91. The molecule has 1 aliphatic carbocycles. The van der Waals surface area contributed by atoms with Crippen molar-refractivity contribution in [2.75, 3.05) is 20.2 Å². The molecule has 1 fully saturated rings. The summed E-state index contributed by atoms with van der Waals surface area (Å²) in [5.41, 5.74) is 5.58. The van der Waals surface area contributed by atoms with E-state index >= 15 is 0 Å². The molecule has 1 N–H and O–H groups in total. The Kier molecular flexibility index (Phi) is 6.96. The van der Waals surface area contributed by atoms with Gasteiger partial charge in [-0.3, -0.25) is 4.68 Å². The first-order valence-electron chi connectivity index (χ1n) is 10.2. The molecule has 2 unspecified atom stereocenters. The minimum atomic E-state index is 0. The zero-order valence-corrected chi connectivity index (χ0v) is 17.3. The van der Waals surface area contributed by atoms with Crippen LogP contribution in [0.5, 0.6) is 0 Å². The lowest BCUT2D eigenvalue weighted by Crippen LogP contribution is -3.16. The van der Waals surface area contributed by atoms with E-state index in [1.54, 1.807) is 11.1 Å². The molecular weight excluding hydrogens is 358 g/mol. The molecule has 1 aromatic carbocycles. The van der Waals surface area contributed by atoms with Gasteiger partial charge in [-0.05, 0) is 54.9 Å². The van der Waals surface area contributed by atoms with Crippen LogP contribution < -0.4 is 17.3 Å². The fourth-order valence-electron chi connectivity index (χ4n) is 4.56. The van der Waals surface area contributed by atoms with E-state index in [0.29, 0.717) is 0 Å². The van der Waals surface area contributed by atoms with Gasteiger partial charge >= 0.3 is 0 Å². The summed E-state index contributed by atoms with van der Waals surface area (Å²) in [7, 11) is 3.80. The van der Waals surface area contributed by atoms with Crippen molar-refractivity contribution < 1.29 is 22.0 Å². The maximum Gasteiger partial charge on any atom is 0.0874 e. The number of ether oxygens (including phenoxy) is 1. The van der Waals surface area contributed by atoms with Gasteiger partial charge < -0.3 is 22.0 Å². The maximum atomic E-state index is 5.83. The van der Waals surface area contributed by atoms with Crippen molar-refractivity contribution in [3.05, 3.63) is 52.8 Å². The van der Waals surface area contributed by atoms with Gasteiger partial charge in [0.1, 0.15) is 0 Å². The van der Waals surface area contributed by atoms with Crippen LogP contribution in [0.4, 0.5) is 0 Å². The summed E-state index contributed by atoms with van der Waals surface area (Å²) in [6, 6.07) is 10.1. The molecule has 1 saturated carbocycles. The van der Waals surface area contributed by atoms with Crippen molar-refractivity contribution in [1.29, 1.82) is 0 Å². The molecule has 2 aliphatic rings. The van der Waals surface area contributed by atoms with Crippen molar-refractivity contribution in [2.24, 2.45) is 7.05 Å². The number of methoxy groups -OCH3 is 1. The van der Waals surface area contributed by atoms with Crippen LogP contribution in [0, 0.1) is 0 Å². The monoisotopic (exact) mass is 389 g/mol. The predicted molar refractivity (Wildman–Crippen MR) is 103 cm³/mol. The lowest BCUT2D eigenvalue weighted by Gasteiger charge is -2.33. The average molecular weight is 390 g/mol. The Balaban J connectivity index is 0.00000210. The third kappa shape index (κ3) is 4.74. The molecule has 4 nitrogen and oxygen atoms in total. The summed E-state index contributed by atoms with van der Waals surface area (Å²) in [6.07, 6.45) is 10.9. The number of fused-ring (bicyclic) bond motifs is 1. The topological polar surface area (TPSA) is 31.5 Å². The maximum absolute atomic E-state index is 5.83. The standard InChI is InChI=1S/C22H31N3O.ClH/c1-24-13-12-20(23-24)8-9-22(26-2)19-7-6-17-10-14-25(21-4-3-5-21)15-11-18(17)16-19;/h6-7,12-13,16,21-22H,3-5,8-11,14-15H2,1-2H3;1H. The highest BCUT2D eigenvalue weighted by Crippen LogP contribution is 2.26. The molecule has 1 aliphatic heterocycles. The molecule has 2 aromatic rings. The van der Waals surface area contributed by atoms with E-state index in [4.69, 9.17) is 4.74 Å². The fraction of sp³-hybridized carbons (Fsp3) is 0.591. The quantitative estimate of drug-likeness (QED) is 0.707. The SMILES string of the molecule is COC(CCc1ccn(C)n1)c1ccc2c(c1)CC[NH+](C1CCC1)CC2.[Cl-]. The zero-order chi connectivity index (χ0) is 17.9. The summed E-state index contributed by atoms with van der Waals surface area (Å²) >= 11 is 0. The van der Waals surface area contributed by atoms with Crippen LogP contribution in [0.1, 0.15) is 54.2 Å². The molecule has 148 valence electrons. The number of aromatic nitrogens is 2. The van der Waals surface area contributed by atoms with Crippen molar-refractivity contribution in [3.8, 4) is 0 Å². The number of nitrogens with one attached hydrogen (secondary N) is 1. The molecule has 0 amide bonds. The molecule has 0 bridgehead atoms. The number of aryl methyl sites for hydroxylation is 2. The van der Waals surface area contributed by atoms with Crippen LogP contribution in [0.15, 0.2) is 30.5 Å². The first kappa shape index (κ1) is 20.4. The molecule has 0 spiro atoms. The normalized spacial score (nSPS) is 20.9. The van der Waals surface area contributed by atoms with Crippen LogP contribution >= 0.6 is 0 Å². The first-order chi connectivity index (χ1) is 12.7. The van der Waals surface area contributed by atoms with Gasteiger partial charge in [-0.15, -0.1) is 0 Å². The van der Waals surface area contributed by atoms with E-state index in [2.05, 4.69) is 29.4 Å². The Morgan fingerprint density at radius 2 is 1.96 bits per heavy atom. The van der Waals surface area contributed by atoms with Gasteiger partial charge in [0.2, 0.25) is 0 Å². The van der Waals surface area contributed by atoms with Gasteiger partial charge in [-0.25, -0.2) is 0 Å². The van der Waals surface area contributed by atoms with Crippen molar-refractivity contribution >= 4 is 0 Å². The summed E-state index contributed by atoms with van der Waals surface area (Å²) in [5.74, 6) is 0. The van der Waals surface area contributed by atoms with E-state index in [1.165, 1.54) is 50.8 Å². The molecule has 5 heteroatoms. The van der Waals surface area contributed by atoms with E-state index < -0.39 is 0 Å². The van der Waals surface area contributed by atoms with Gasteiger partial charge in [0.25, 0.3) is 0 Å². The van der Waals surface area contributed by atoms with E-state index in [9.17, 15) is 0 Å². The van der Waals surface area contributed by atoms with Crippen molar-refractivity contribution in [1.82, 2.24) is 9.78 Å². The zero-order valence-electron chi connectivity index (χ0n) is 16.6.